The van der Waals surface area contributed by atoms with Gasteiger partial charge in [-0.3, -0.25) is 19.2 Å². The van der Waals surface area contributed by atoms with Gasteiger partial charge in [-0.2, -0.15) is 11.3 Å². The number of benzene rings is 2. The number of methoxy groups -OCH3 is 1. The van der Waals surface area contributed by atoms with E-state index in [0.717, 1.165) is 4.31 Å². The maximum atomic E-state index is 13.3. The van der Waals surface area contributed by atoms with Gasteiger partial charge in [0.2, 0.25) is 5.91 Å². The van der Waals surface area contributed by atoms with Crippen LogP contribution in [0.25, 0.3) is 0 Å². The Morgan fingerprint density at radius 2 is 1.91 bits per heavy atom. The molecule has 3 aromatic rings. The molecule has 0 spiro atoms. The van der Waals surface area contributed by atoms with E-state index in [1.54, 1.807) is 11.4 Å². The Balaban J connectivity index is 1.52. The zero-order chi connectivity index (χ0) is 24.2. The zero-order valence-electron chi connectivity index (χ0n) is 18.1. The lowest BCUT2D eigenvalue weighted by Crippen LogP contribution is -2.44. The van der Waals surface area contributed by atoms with Crippen molar-refractivity contribution in [1.82, 2.24) is 9.62 Å². The highest BCUT2D eigenvalue weighted by Gasteiger charge is 2.33. The first kappa shape index (κ1) is 23.6. The van der Waals surface area contributed by atoms with Crippen molar-refractivity contribution < 1.29 is 19.2 Å². The molecule has 9 nitrogen and oxygen atoms in total. The van der Waals surface area contributed by atoms with Gasteiger partial charge in [-0.1, -0.05) is 37.1 Å². The third-order valence-corrected chi connectivity index (χ3v) is 6.71. The number of hydrogen-bond donors (Lipinski definition) is 3. The molecule has 0 aliphatic heterocycles. The molecule has 34 heavy (non-hydrogen) atoms. The quantitative estimate of drug-likeness (QED) is 0.254. The number of nitro groups is 1. The summed E-state index contributed by atoms with van der Waals surface area (Å²) < 4.78 is 6.19. The Morgan fingerprint density at radius 3 is 2.50 bits per heavy atom. The van der Waals surface area contributed by atoms with E-state index in [2.05, 4.69) is 23.4 Å². The fraction of sp³-hybridized carbons (Fsp3) is 0.217. The highest BCUT2D eigenvalue weighted by Crippen LogP contribution is 2.32. The smallest absolute Gasteiger partial charge is 0.332 e. The number of non-ortho nitro benzene ring substituents is 1. The summed E-state index contributed by atoms with van der Waals surface area (Å²) in [6.07, 6.45) is 1.42. The number of carbonyl (C=O) groups is 2. The molecule has 0 fully saturated rings. The van der Waals surface area contributed by atoms with Gasteiger partial charge < -0.3 is 15.4 Å². The van der Waals surface area contributed by atoms with Gasteiger partial charge in [-0.05, 0) is 52.4 Å². The largest absolute Gasteiger partial charge is 0.495 e. The average molecular weight is 499 g/mol. The number of anilines is 1. The molecule has 0 radical (unpaired) electrons. The molecule has 3 amide bonds. The van der Waals surface area contributed by atoms with Crippen LogP contribution in [0.15, 0.2) is 59.3 Å². The van der Waals surface area contributed by atoms with Crippen molar-refractivity contribution in [3.63, 3.8) is 0 Å². The maximum Gasteiger partial charge on any atom is 0.332 e. The SMILES string of the molecule is COc1ccc([N+](=O)[O-])cc1NC(=O)N(S)C(C(=O)NC1Cc2ccccc2C1)c1ccsc1. The van der Waals surface area contributed by atoms with Crippen molar-refractivity contribution in [1.29, 1.82) is 0 Å². The van der Waals surface area contributed by atoms with E-state index in [-0.39, 0.29) is 29.1 Å². The normalized spacial score (nSPS) is 13.6. The van der Waals surface area contributed by atoms with Crippen LogP contribution in [0.4, 0.5) is 16.2 Å². The summed E-state index contributed by atoms with van der Waals surface area (Å²) in [4.78, 5) is 36.9. The molecule has 2 aromatic carbocycles. The summed E-state index contributed by atoms with van der Waals surface area (Å²) in [5.41, 5.74) is 2.87. The summed E-state index contributed by atoms with van der Waals surface area (Å²) in [5.74, 6) is -0.131. The Kier molecular flexibility index (Phi) is 7.03. The minimum Gasteiger partial charge on any atom is -0.495 e. The minimum atomic E-state index is -1.01. The second kappa shape index (κ2) is 10.1. The monoisotopic (exact) mass is 498 g/mol. The molecule has 11 heteroatoms. The molecule has 1 aliphatic rings. The number of nitrogens with zero attached hydrogens (tertiary/aromatic N) is 2. The molecule has 0 saturated carbocycles. The Morgan fingerprint density at radius 1 is 1.21 bits per heavy atom. The summed E-state index contributed by atoms with van der Waals surface area (Å²) in [5, 5.41) is 20.3. The van der Waals surface area contributed by atoms with Crippen molar-refractivity contribution in [3.8, 4) is 5.75 Å². The first-order valence-electron chi connectivity index (χ1n) is 10.4. The van der Waals surface area contributed by atoms with Crippen LogP contribution in [0, 0.1) is 10.1 Å². The zero-order valence-corrected chi connectivity index (χ0v) is 19.8. The molecule has 0 saturated heterocycles. The average Bonchev–Trinajstić information content (AvgIpc) is 3.48. The van der Waals surface area contributed by atoms with Crippen LogP contribution in [0.1, 0.15) is 22.7 Å². The first-order chi connectivity index (χ1) is 16.4. The number of nitro benzene ring substituents is 1. The molecule has 2 N–H and O–H groups in total. The van der Waals surface area contributed by atoms with Crippen LogP contribution >= 0.6 is 24.2 Å². The number of fused-ring (bicyclic) bond motifs is 1. The number of nitrogens with one attached hydrogen (secondary N) is 2. The number of thiophene rings is 1. The van der Waals surface area contributed by atoms with Crippen molar-refractivity contribution in [2.24, 2.45) is 0 Å². The van der Waals surface area contributed by atoms with Crippen molar-refractivity contribution in [3.05, 3.63) is 86.1 Å². The lowest BCUT2D eigenvalue weighted by Gasteiger charge is -2.27. The van der Waals surface area contributed by atoms with Gasteiger partial charge in [0.1, 0.15) is 11.8 Å². The fourth-order valence-corrected chi connectivity index (χ4v) is 4.94. The molecule has 1 aromatic heterocycles. The molecular weight excluding hydrogens is 476 g/mol. The molecule has 176 valence electrons. The van der Waals surface area contributed by atoms with Crippen molar-refractivity contribution >= 4 is 47.5 Å². The number of ether oxygens (including phenoxy) is 1. The van der Waals surface area contributed by atoms with Crippen molar-refractivity contribution in [2.75, 3.05) is 12.4 Å². The molecule has 1 aliphatic carbocycles. The van der Waals surface area contributed by atoms with Gasteiger partial charge >= 0.3 is 6.03 Å². The van der Waals surface area contributed by atoms with E-state index in [4.69, 9.17) is 4.74 Å². The van der Waals surface area contributed by atoms with Gasteiger partial charge in [0.25, 0.3) is 5.69 Å². The van der Waals surface area contributed by atoms with Crippen LogP contribution < -0.4 is 15.4 Å². The van der Waals surface area contributed by atoms with Crippen LogP contribution in [-0.4, -0.2) is 34.3 Å². The fourth-order valence-electron chi connectivity index (χ4n) is 3.97. The number of rotatable bonds is 7. The molecule has 1 atom stereocenters. The third kappa shape index (κ3) is 5.00. The lowest BCUT2D eigenvalue weighted by atomic mass is 10.1. The summed E-state index contributed by atoms with van der Waals surface area (Å²) in [6, 6.07) is 11.8. The van der Waals surface area contributed by atoms with Gasteiger partial charge in [-0.25, -0.2) is 4.79 Å². The first-order valence-corrected chi connectivity index (χ1v) is 11.7. The van der Waals surface area contributed by atoms with Gasteiger partial charge in [-0.15, -0.1) is 0 Å². The van der Waals surface area contributed by atoms with E-state index < -0.39 is 17.0 Å². The number of amides is 3. The number of carbonyl (C=O) groups excluding carboxylic acids is 2. The summed E-state index contributed by atoms with van der Waals surface area (Å²) >= 11 is 5.74. The maximum absolute atomic E-state index is 13.3. The van der Waals surface area contributed by atoms with Crippen LogP contribution in [0.2, 0.25) is 0 Å². The second-order valence-electron chi connectivity index (χ2n) is 7.76. The lowest BCUT2D eigenvalue weighted by molar-refractivity contribution is -0.384. The van der Waals surface area contributed by atoms with E-state index in [0.29, 0.717) is 18.4 Å². The van der Waals surface area contributed by atoms with E-state index in [1.807, 2.05) is 29.6 Å². The number of hydrogen-bond acceptors (Lipinski definition) is 7. The molecular formula is C23H22N4O5S2. The third-order valence-electron chi connectivity index (χ3n) is 5.59. The predicted octanol–water partition coefficient (Wildman–Crippen LogP) is 4.37. The summed E-state index contributed by atoms with van der Waals surface area (Å²) in [6.45, 7) is 0. The highest BCUT2D eigenvalue weighted by molar-refractivity contribution is 7.78. The topological polar surface area (TPSA) is 114 Å². The van der Waals surface area contributed by atoms with Crippen LogP contribution in [0.3, 0.4) is 0 Å². The Labute approximate surface area is 205 Å². The summed E-state index contributed by atoms with van der Waals surface area (Å²) in [7, 11) is 1.39. The standard InChI is InChI=1S/C23H22N4O5S2/c1-32-20-7-6-18(27(30)31)12-19(20)25-23(29)26(33)21(16-8-9-34-13-16)22(28)24-17-10-14-4-2-3-5-15(14)11-17/h2-9,12-13,17,21,33H,10-11H2,1H3,(H,24,28)(H,25,29). The molecule has 1 heterocycles. The predicted molar refractivity (Wildman–Crippen MR) is 132 cm³/mol. The van der Waals surface area contributed by atoms with Gasteiger partial charge in [0.05, 0.1) is 17.7 Å². The van der Waals surface area contributed by atoms with Gasteiger partial charge in [0, 0.05) is 18.2 Å². The minimum absolute atomic E-state index is 0.0901. The number of thiol groups is 1. The van der Waals surface area contributed by atoms with E-state index in [1.165, 1.54) is 47.8 Å². The van der Waals surface area contributed by atoms with Crippen molar-refractivity contribution in [2.45, 2.75) is 24.9 Å². The number of urea groups is 1. The Hall–Kier alpha value is -3.57. The molecule has 0 bridgehead atoms. The highest BCUT2D eigenvalue weighted by atomic mass is 32.1. The van der Waals surface area contributed by atoms with Gasteiger partial charge in [0.15, 0.2) is 0 Å². The second-order valence-corrected chi connectivity index (χ2v) is 8.97. The molecule has 4 rings (SSSR count). The molecule has 1 unspecified atom stereocenters. The Bertz CT molecular complexity index is 1190. The van der Waals surface area contributed by atoms with Crippen LogP contribution in [-0.2, 0) is 17.6 Å². The van der Waals surface area contributed by atoms with Crippen LogP contribution in [0.5, 0.6) is 5.75 Å². The van der Waals surface area contributed by atoms with E-state index in [9.17, 15) is 19.7 Å². The van der Waals surface area contributed by atoms with E-state index >= 15 is 0 Å².